The molecule has 1 saturated carbocycles. The minimum absolute atomic E-state index is 0.132. The fourth-order valence-corrected chi connectivity index (χ4v) is 4.17. The van der Waals surface area contributed by atoms with Crippen molar-refractivity contribution in [3.8, 4) is 16.9 Å². The van der Waals surface area contributed by atoms with Gasteiger partial charge in [0.05, 0.1) is 23.9 Å². The topological polar surface area (TPSA) is 71.9 Å². The van der Waals surface area contributed by atoms with E-state index in [4.69, 9.17) is 4.74 Å². The Morgan fingerprint density at radius 2 is 1.90 bits per heavy atom. The largest absolute Gasteiger partial charge is 0.494 e. The number of carbonyl (C=O) groups is 1. The van der Waals surface area contributed by atoms with Crippen molar-refractivity contribution in [2.75, 3.05) is 25.1 Å². The number of aryl methyl sites for hydroxylation is 1. The molecule has 0 aliphatic heterocycles. The highest BCUT2D eigenvalue weighted by atomic mass is 16.5. The van der Waals surface area contributed by atoms with Crippen molar-refractivity contribution < 1.29 is 9.53 Å². The number of nitroso groups, excluding NO2 is 1. The first-order valence-electron chi connectivity index (χ1n) is 10.8. The van der Waals surface area contributed by atoms with Crippen LogP contribution in [0.5, 0.6) is 5.75 Å². The number of methoxy groups -OCH3 is 1. The lowest BCUT2D eigenvalue weighted by atomic mass is 9.97. The Balaban J connectivity index is 1.94. The number of fused-ring (bicyclic) bond motifs is 1. The highest BCUT2D eigenvalue weighted by molar-refractivity contribution is 6.10. The Bertz CT molecular complexity index is 1160. The number of hydrogen-bond donors (Lipinski definition) is 0. The molecule has 0 unspecified atom stereocenters. The Kier molecular flexibility index (Phi) is 5.72. The van der Waals surface area contributed by atoms with Gasteiger partial charge in [-0.25, -0.2) is 0 Å². The number of ketones is 1. The first kappa shape index (κ1) is 21.0. The lowest BCUT2D eigenvalue weighted by molar-refractivity contribution is 0.0968. The molecule has 0 radical (unpaired) electrons. The summed E-state index contributed by atoms with van der Waals surface area (Å²) in [6.45, 7) is 7.66. The van der Waals surface area contributed by atoms with E-state index < -0.39 is 0 Å². The van der Waals surface area contributed by atoms with Crippen LogP contribution in [0.1, 0.15) is 42.6 Å². The number of ether oxygens (including phenoxy) is 1. The molecule has 3 aromatic rings. The van der Waals surface area contributed by atoms with Gasteiger partial charge < -0.3 is 9.64 Å². The summed E-state index contributed by atoms with van der Waals surface area (Å²) >= 11 is 0. The number of anilines is 1. The van der Waals surface area contributed by atoms with Gasteiger partial charge in [-0.05, 0) is 79.7 Å². The van der Waals surface area contributed by atoms with Crippen LogP contribution in [0.2, 0.25) is 0 Å². The van der Waals surface area contributed by atoms with E-state index in [1.54, 1.807) is 6.20 Å². The highest BCUT2D eigenvalue weighted by Gasteiger charge is 2.33. The Morgan fingerprint density at radius 1 is 1.16 bits per heavy atom. The maximum absolute atomic E-state index is 13.0. The number of pyridine rings is 1. The van der Waals surface area contributed by atoms with Crippen LogP contribution in [0, 0.1) is 17.7 Å². The first-order valence-corrected chi connectivity index (χ1v) is 10.8. The van der Waals surface area contributed by atoms with Crippen LogP contribution in [0.25, 0.3) is 22.0 Å². The third kappa shape index (κ3) is 3.78. The second-order valence-corrected chi connectivity index (χ2v) is 8.00. The molecule has 1 fully saturated rings. The summed E-state index contributed by atoms with van der Waals surface area (Å²) in [5.41, 5.74) is 5.49. The summed E-state index contributed by atoms with van der Waals surface area (Å²) in [4.78, 5) is 31.1. The zero-order valence-corrected chi connectivity index (χ0v) is 18.4. The summed E-state index contributed by atoms with van der Waals surface area (Å²) < 4.78 is 5.39. The van der Waals surface area contributed by atoms with Gasteiger partial charge in [0.25, 0.3) is 0 Å². The maximum Gasteiger partial charge on any atom is 0.169 e. The Labute approximate surface area is 182 Å². The molecule has 4 rings (SSSR count). The first-order chi connectivity index (χ1) is 15.0. The van der Waals surface area contributed by atoms with Crippen LogP contribution in [0.15, 0.2) is 41.7 Å². The van der Waals surface area contributed by atoms with E-state index in [9.17, 15) is 9.70 Å². The monoisotopic (exact) mass is 417 g/mol. The predicted octanol–water partition coefficient (Wildman–Crippen LogP) is 6.06. The Hall–Kier alpha value is -3.28. The fraction of sp³-hybridized carbons (Fsp3) is 0.360. The molecule has 0 atom stereocenters. The summed E-state index contributed by atoms with van der Waals surface area (Å²) in [7, 11) is 1.53. The SMILES string of the molecule is CCN(CC)c1c(C(=O)C2CC2)cnc2ccc(-c3cc(C)c(N=O)c(OC)c3)cc12. The van der Waals surface area contributed by atoms with E-state index in [0.717, 1.165) is 59.2 Å². The number of benzene rings is 2. The number of Topliss-reactive ketones (excluding diaryl/α,β-unsaturated/α-hetero) is 1. The summed E-state index contributed by atoms with van der Waals surface area (Å²) in [5.74, 6) is 0.775. The molecule has 0 N–H and O–H groups in total. The van der Waals surface area contributed by atoms with Crippen molar-refractivity contribution in [3.05, 3.63) is 52.6 Å². The third-order valence-electron chi connectivity index (χ3n) is 6.04. The molecule has 1 aliphatic carbocycles. The van der Waals surface area contributed by atoms with Crippen LogP contribution < -0.4 is 9.64 Å². The van der Waals surface area contributed by atoms with E-state index in [2.05, 4.69) is 35.0 Å². The zero-order chi connectivity index (χ0) is 22.1. The molecule has 2 aromatic carbocycles. The van der Waals surface area contributed by atoms with Crippen LogP contribution in [-0.4, -0.2) is 31.0 Å². The molecule has 1 heterocycles. The van der Waals surface area contributed by atoms with Gasteiger partial charge in [0.2, 0.25) is 0 Å². The normalized spacial score (nSPS) is 13.3. The highest BCUT2D eigenvalue weighted by Crippen LogP contribution is 2.40. The van der Waals surface area contributed by atoms with Crippen molar-refractivity contribution in [3.63, 3.8) is 0 Å². The van der Waals surface area contributed by atoms with Gasteiger partial charge in [0, 0.05) is 30.6 Å². The minimum atomic E-state index is 0.132. The van der Waals surface area contributed by atoms with E-state index in [-0.39, 0.29) is 11.7 Å². The van der Waals surface area contributed by atoms with Gasteiger partial charge in [-0.1, -0.05) is 6.07 Å². The average Bonchev–Trinajstić information content (AvgIpc) is 3.64. The standard InChI is InChI=1S/C25H27N3O3/c1-5-28(6-2)24-19-12-17(18-11-15(3)23(27-30)22(13-18)31-4)9-10-21(19)26-14-20(24)25(29)16-7-8-16/h9-14,16H,5-8H2,1-4H3. The summed E-state index contributed by atoms with van der Waals surface area (Å²) in [6, 6.07) is 9.84. The van der Waals surface area contributed by atoms with E-state index >= 15 is 0 Å². The molecule has 6 nitrogen and oxygen atoms in total. The molecule has 1 aromatic heterocycles. The second-order valence-electron chi connectivity index (χ2n) is 8.00. The number of carbonyl (C=O) groups excluding carboxylic acids is 1. The van der Waals surface area contributed by atoms with Gasteiger partial charge >= 0.3 is 0 Å². The molecule has 0 amide bonds. The molecule has 6 heteroatoms. The van der Waals surface area contributed by atoms with Crippen molar-refractivity contribution in [1.82, 2.24) is 4.98 Å². The molecule has 0 bridgehead atoms. The van der Waals surface area contributed by atoms with Gasteiger partial charge in [-0.3, -0.25) is 9.78 Å². The predicted molar refractivity (Wildman–Crippen MR) is 125 cm³/mol. The maximum atomic E-state index is 13.0. The van der Waals surface area contributed by atoms with E-state index in [1.165, 1.54) is 7.11 Å². The molecular formula is C25H27N3O3. The van der Waals surface area contributed by atoms with Crippen molar-refractivity contribution >= 4 is 28.1 Å². The van der Waals surface area contributed by atoms with Crippen molar-refractivity contribution in [2.45, 2.75) is 33.6 Å². The van der Waals surface area contributed by atoms with Crippen LogP contribution in [-0.2, 0) is 0 Å². The number of hydrogen-bond acceptors (Lipinski definition) is 6. The lowest BCUT2D eigenvalue weighted by Crippen LogP contribution is -2.25. The van der Waals surface area contributed by atoms with Crippen molar-refractivity contribution in [1.29, 1.82) is 0 Å². The quantitative estimate of drug-likeness (QED) is 0.329. The molecule has 0 saturated heterocycles. The van der Waals surface area contributed by atoms with Crippen LogP contribution >= 0.6 is 0 Å². The third-order valence-corrected chi connectivity index (χ3v) is 6.04. The minimum Gasteiger partial charge on any atom is -0.494 e. The smallest absolute Gasteiger partial charge is 0.169 e. The summed E-state index contributed by atoms with van der Waals surface area (Å²) in [6.07, 6.45) is 3.67. The molecule has 160 valence electrons. The van der Waals surface area contributed by atoms with Crippen LogP contribution in [0.3, 0.4) is 0 Å². The average molecular weight is 418 g/mol. The zero-order valence-electron chi connectivity index (χ0n) is 18.4. The molecule has 1 aliphatic rings. The van der Waals surface area contributed by atoms with Crippen LogP contribution in [0.4, 0.5) is 11.4 Å². The number of aromatic nitrogens is 1. The fourth-order valence-electron chi connectivity index (χ4n) is 4.17. The van der Waals surface area contributed by atoms with E-state index in [1.807, 2.05) is 31.2 Å². The molecule has 31 heavy (non-hydrogen) atoms. The van der Waals surface area contributed by atoms with Gasteiger partial charge in [-0.15, -0.1) is 4.91 Å². The molecular weight excluding hydrogens is 390 g/mol. The van der Waals surface area contributed by atoms with Gasteiger partial charge in [0.15, 0.2) is 11.5 Å². The molecule has 0 spiro atoms. The van der Waals surface area contributed by atoms with Gasteiger partial charge in [0.1, 0.15) is 5.75 Å². The Morgan fingerprint density at radius 3 is 2.52 bits per heavy atom. The lowest BCUT2D eigenvalue weighted by Gasteiger charge is -2.25. The number of rotatable bonds is 8. The van der Waals surface area contributed by atoms with Crippen molar-refractivity contribution in [2.24, 2.45) is 11.1 Å². The van der Waals surface area contributed by atoms with E-state index in [0.29, 0.717) is 17.0 Å². The second kappa shape index (κ2) is 8.46. The summed E-state index contributed by atoms with van der Waals surface area (Å²) in [5, 5.41) is 4.07. The van der Waals surface area contributed by atoms with Gasteiger partial charge in [-0.2, -0.15) is 0 Å². The number of nitrogens with zero attached hydrogens (tertiary/aromatic N) is 3.